The minimum absolute atomic E-state index is 0.404. The first-order chi connectivity index (χ1) is 8.65. The van der Waals surface area contributed by atoms with Crippen LogP contribution in [0.4, 0.5) is 0 Å². The Labute approximate surface area is 110 Å². The van der Waals surface area contributed by atoms with Crippen molar-refractivity contribution in [3.05, 3.63) is 0 Å². The summed E-state index contributed by atoms with van der Waals surface area (Å²) in [5.74, 6) is -2.88. The molecule has 0 aromatic carbocycles. The fraction of sp³-hybridized carbons (Fsp3) is 0.727. The molecule has 8 nitrogen and oxygen atoms in total. The van der Waals surface area contributed by atoms with Crippen LogP contribution < -0.4 is 11.1 Å². The molecule has 0 aromatic heterocycles. The number of rotatable bonds is 7. The Bertz CT molecular complexity index is 342. The fourth-order valence-electron chi connectivity index (χ4n) is 1.22. The molecule has 0 spiro atoms. The average molecular weight is 276 g/mol. The highest BCUT2D eigenvalue weighted by molar-refractivity contribution is 5.90. The van der Waals surface area contributed by atoms with Crippen LogP contribution >= 0.6 is 0 Å². The zero-order valence-corrected chi connectivity index (χ0v) is 11.1. The van der Waals surface area contributed by atoms with Gasteiger partial charge in [0, 0.05) is 0 Å². The number of carboxylic acid groups (broad SMARTS) is 1. The highest BCUT2D eigenvalue weighted by Crippen LogP contribution is 2.01. The molecule has 0 rings (SSSR count). The van der Waals surface area contributed by atoms with E-state index in [1.807, 2.05) is 0 Å². The summed E-state index contributed by atoms with van der Waals surface area (Å²) in [6.07, 6.45) is -2.16. The summed E-state index contributed by atoms with van der Waals surface area (Å²) in [6, 6.07) is -2.58. The second-order valence-corrected chi connectivity index (χ2v) is 4.42. The third kappa shape index (κ3) is 6.73. The van der Waals surface area contributed by atoms with Crippen molar-refractivity contribution in [3.63, 3.8) is 0 Å². The Morgan fingerprint density at radius 2 is 1.79 bits per heavy atom. The van der Waals surface area contributed by atoms with Crippen molar-refractivity contribution in [2.75, 3.05) is 0 Å². The van der Waals surface area contributed by atoms with Gasteiger partial charge in [-0.05, 0) is 20.8 Å². The molecule has 5 N–H and O–H groups in total. The summed E-state index contributed by atoms with van der Waals surface area (Å²) >= 11 is 0. The van der Waals surface area contributed by atoms with Gasteiger partial charge in [-0.1, -0.05) is 0 Å². The van der Waals surface area contributed by atoms with E-state index in [2.05, 4.69) is 5.32 Å². The maximum Gasteiger partial charge on any atom is 0.331 e. The first-order valence-corrected chi connectivity index (χ1v) is 5.81. The van der Waals surface area contributed by atoms with Gasteiger partial charge in [0.2, 0.25) is 5.91 Å². The molecule has 0 saturated heterocycles. The van der Waals surface area contributed by atoms with Crippen LogP contribution in [0.3, 0.4) is 0 Å². The number of amides is 1. The Morgan fingerprint density at radius 3 is 2.16 bits per heavy atom. The monoisotopic (exact) mass is 276 g/mol. The smallest absolute Gasteiger partial charge is 0.331 e. The van der Waals surface area contributed by atoms with Gasteiger partial charge in [0.25, 0.3) is 0 Å². The Morgan fingerprint density at radius 1 is 1.26 bits per heavy atom. The molecule has 0 aliphatic heterocycles. The molecule has 0 heterocycles. The summed E-state index contributed by atoms with van der Waals surface area (Å²) in [5, 5.41) is 20.1. The van der Waals surface area contributed by atoms with Crippen LogP contribution in [-0.2, 0) is 19.1 Å². The number of hydrogen-bond acceptors (Lipinski definition) is 6. The third-order valence-electron chi connectivity index (χ3n) is 2.12. The number of ether oxygens (including phenoxy) is 1. The van der Waals surface area contributed by atoms with Gasteiger partial charge in [-0.15, -0.1) is 0 Å². The van der Waals surface area contributed by atoms with Gasteiger partial charge in [0.05, 0.1) is 24.7 Å². The van der Waals surface area contributed by atoms with E-state index < -0.39 is 48.6 Å². The zero-order valence-electron chi connectivity index (χ0n) is 11.1. The van der Waals surface area contributed by atoms with Gasteiger partial charge in [-0.2, -0.15) is 0 Å². The predicted octanol–water partition coefficient (Wildman–Crippen LogP) is -1.39. The average Bonchev–Trinajstić information content (AvgIpc) is 2.22. The van der Waals surface area contributed by atoms with Crippen molar-refractivity contribution in [1.82, 2.24) is 5.32 Å². The molecule has 0 aromatic rings. The number of nitrogens with two attached hydrogens (primary N) is 1. The van der Waals surface area contributed by atoms with E-state index in [-0.39, 0.29) is 0 Å². The lowest BCUT2D eigenvalue weighted by atomic mass is 10.1. The number of nitrogens with one attached hydrogen (secondary N) is 1. The van der Waals surface area contributed by atoms with Crippen LogP contribution in [0.2, 0.25) is 0 Å². The summed E-state index contributed by atoms with van der Waals surface area (Å²) in [6.45, 7) is 4.54. The second-order valence-electron chi connectivity index (χ2n) is 4.42. The van der Waals surface area contributed by atoms with E-state index in [4.69, 9.17) is 15.6 Å². The number of aliphatic hydroxyl groups is 1. The highest BCUT2D eigenvalue weighted by atomic mass is 16.5. The van der Waals surface area contributed by atoms with Crippen molar-refractivity contribution >= 4 is 17.8 Å². The zero-order chi connectivity index (χ0) is 15.2. The SMILES string of the molecule is CC(C)OC(=O)[C@@H](NC(=O)[C@@H](N)CC(=O)O)[C@@H](C)O. The molecule has 110 valence electrons. The maximum atomic E-state index is 11.6. The van der Waals surface area contributed by atoms with Crippen LogP contribution in [0.25, 0.3) is 0 Å². The lowest BCUT2D eigenvalue weighted by molar-refractivity contribution is -0.154. The van der Waals surface area contributed by atoms with E-state index in [9.17, 15) is 19.5 Å². The summed E-state index contributed by atoms with van der Waals surface area (Å²) in [5.41, 5.74) is 5.34. The maximum absolute atomic E-state index is 11.6. The van der Waals surface area contributed by atoms with Crippen LogP contribution in [0.1, 0.15) is 27.2 Å². The summed E-state index contributed by atoms with van der Waals surface area (Å²) < 4.78 is 4.86. The largest absolute Gasteiger partial charge is 0.481 e. The first kappa shape index (κ1) is 17.3. The highest BCUT2D eigenvalue weighted by Gasteiger charge is 2.30. The Hall–Kier alpha value is -1.67. The number of carboxylic acids is 1. The van der Waals surface area contributed by atoms with Crippen molar-refractivity contribution in [2.24, 2.45) is 5.73 Å². The molecule has 0 saturated carbocycles. The van der Waals surface area contributed by atoms with Gasteiger partial charge in [0.15, 0.2) is 6.04 Å². The van der Waals surface area contributed by atoms with E-state index in [0.29, 0.717) is 0 Å². The van der Waals surface area contributed by atoms with Gasteiger partial charge < -0.3 is 26.0 Å². The Kier molecular flexibility index (Phi) is 7.02. The van der Waals surface area contributed by atoms with Crippen molar-refractivity contribution in [2.45, 2.75) is 51.5 Å². The number of carbonyl (C=O) groups is 3. The van der Waals surface area contributed by atoms with Gasteiger partial charge in [0.1, 0.15) is 0 Å². The quantitative estimate of drug-likeness (QED) is 0.419. The van der Waals surface area contributed by atoms with Crippen LogP contribution in [0.15, 0.2) is 0 Å². The molecule has 0 bridgehead atoms. The number of carbonyl (C=O) groups excluding carboxylic acids is 2. The number of esters is 1. The molecular weight excluding hydrogens is 256 g/mol. The van der Waals surface area contributed by atoms with E-state index >= 15 is 0 Å². The van der Waals surface area contributed by atoms with Crippen LogP contribution in [-0.4, -0.2) is 52.4 Å². The normalized spacial score (nSPS) is 15.5. The molecule has 8 heteroatoms. The molecular formula is C11H20N2O6. The second kappa shape index (κ2) is 7.70. The number of aliphatic carboxylic acids is 1. The minimum Gasteiger partial charge on any atom is -0.481 e. The van der Waals surface area contributed by atoms with E-state index in [1.165, 1.54) is 6.92 Å². The van der Waals surface area contributed by atoms with Crippen molar-refractivity contribution in [1.29, 1.82) is 0 Å². The molecule has 0 fully saturated rings. The van der Waals surface area contributed by atoms with Crippen molar-refractivity contribution < 1.29 is 29.3 Å². The number of hydrogen-bond donors (Lipinski definition) is 4. The molecule has 3 atom stereocenters. The van der Waals surface area contributed by atoms with Gasteiger partial charge >= 0.3 is 11.9 Å². The topological polar surface area (TPSA) is 139 Å². The third-order valence-corrected chi connectivity index (χ3v) is 2.12. The summed E-state index contributed by atoms with van der Waals surface area (Å²) in [4.78, 5) is 33.6. The van der Waals surface area contributed by atoms with Gasteiger partial charge in [-0.25, -0.2) is 4.79 Å². The lowest BCUT2D eigenvalue weighted by Crippen LogP contribution is -2.53. The van der Waals surface area contributed by atoms with Crippen LogP contribution in [0, 0.1) is 0 Å². The summed E-state index contributed by atoms with van der Waals surface area (Å²) in [7, 11) is 0. The number of aliphatic hydroxyl groups excluding tert-OH is 1. The molecule has 0 aliphatic rings. The standard InChI is InChI=1S/C11H20N2O6/c1-5(2)19-11(18)9(6(3)14)13-10(17)7(12)4-8(15)16/h5-7,9,14H,4,12H2,1-3H3,(H,13,17)(H,15,16)/t6-,7+,9+/m1/s1. The predicted molar refractivity (Wildman–Crippen MR) is 65.1 cm³/mol. The fourth-order valence-corrected chi connectivity index (χ4v) is 1.22. The Balaban J connectivity index is 4.62. The molecule has 0 unspecified atom stereocenters. The minimum atomic E-state index is -1.30. The van der Waals surface area contributed by atoms with Crippen LogP contribution in [0.5, 0.6) is 0 Å². The lowest BCUT2D eigenvalue weighted by Gasteiger charge is -2.22. The van der Waals surface area contributed by atoms with Gasteiger partial charge in [-0.3, -0.25) is 9.59 Å². The van der Waals surface area contributed by atoms with Crippen molar-refractivity contribution in [3.8, 4) is 0 Å². The first-order valence-electron chi connectivity index (χ1n) is 5.81. The van der Waals surface area contributed by atoms with E-state index in [0.717, 1.165) is 0 Å². The molecule has 0 radical (unpaired) electrons. The molecule has 1 amide bonds. The van der Waals surface area contributed by atoms with E-state index in [1.54, 1.807) is 13.8 Å². The molecule has 19 heavy (non-hydrogen) atoms. The molecule has 0 aliphatic carbocycles.